The third kappa shape index (κ3) is 4.45. The Hall–Kier alpha value is -2.81. The number of carbonyl (C=O) groups excluding carboxylic acids is 1. The minimum Gasteiger partial charge on any atom is -0.434 e. The highest BCUT2D eigenvalue weighted by atomic mass is 32.1. The van der Waals surface area contributed by atoms with E-state index in [1.165, 1.54) is 41.7 Å². The number of halogens is 3. The van der Waals surface area contributed by atoms with E-state index >= 15 is 0 Å². The molecule has 0 aliphatic heterocycles. The summed E-state index contributed by atoms with van der Waals surface area (Å²) in [7, 11) is 0. The summed E-state index contributed by atoms with van der Waals surface area (Å²) in [6.07, 6.45) is 2.47. The second kappa shape index (κ2) is 8.28. The number of aromatic nitrogens is 1. The van der Waals surface area contributed by atoms with E-state index in [4.69, 9.17) is 0 Å². The van der Waals surface area contributed by atoms with Gasteiger partial charge in [-0.1, -0.05) is 23.5 Å². The molecule has 0 saturated heterocycles. The van der Waals surface area contributed by atoms with Crippen molar-refractivity contribution >= 4 is 32.6 Å². The number of amides is 1. The average Bonchev–Trinajstić information content (AvgIpc) is 3.27. The molecule has 2 N–H and O–H groups in total. The van der Waals surface area contributed by atoms with Gasteiger partial charge in [-0.05, 0) is 49.6 Å². The number of nitrogens with zero attached hydrogens (tertiary/aromatic N) is 1. The zero-order valence-corrected chi connectivity index (χ0v) is 16.0. The lowest BCUT2D eigenvalue weighted by atomic mass is 10.1. The fraction of sp³-hybridized carbons (Fsp3) is 0.300. The summed E-state index contributed by atoms with van der Waals surface area (Å²) in [6, 6.07) is 10.1. The van der Waals surface area contributed by atoms with Crippen LogP contribution in [-0.2, 0) is 0 Å². The van der Waals surface area contributed by atoms with E-state index in [1.54, 1.807) is 12.1 Å². The second-order valence-corrected chi connectivity index (χ2v) is 7.80. The number of ether oxygens (including phenoxy) is 1. The number of carbonyl (C=O) groups is 1. The molecule has 4 rings (SSSR count). The van der Waals surface area contributed by atoms with Gasteiger partial charge in [0.25, 0.3) is 5.91 Å². The van der Waals surface area contributed by atoms with Crippen molar-refractivity contribution in [2.24, 2.45) is 0 Å². The molecular formula is C20H18F3N3O2S. The van der Waals surface area contributed by atoms with Crippen LogP contribution in [0.4, 0.5) is 18.3 Å². The highest BCUT2D eigenvalue weighted by molar-refractivity contribution is 7.22. The van der Waals surface area contributed by atoms with Crippen LogP contribution in [0.5, 0.6) is 5.75 Å². The van der Waals surface area contributed by atoms with Crippen LogP contribution in [0, 0.1) is 5.82 Å². The number of hydrogen-bond acceptors (Lipinski definition) is 5. The monoisotopic (exact) mass is 421 g/mol. The maximum absolute atomic E-state index is 13.4. The Balaban J connectivity index is 1.46. The number of fused-ring (bicyclic) bond motifs is 1. The van der Waals surface area contributed by atoms with Gasteiger partial charge in [0.2, 0.25) is 0 Å². The van der Waals surface area contributed by atoms with Gasteiger partial charge in [0.15, 0.2) is 5.13 Å². The van der Waals surface area contributed by atoms with Gasteiger partial charge in [0, 0.05) is 12.1 Å². The van der Waals surface area contributed by atoms with Crippen LogP contribution in [0.15, 0.2) is 42.5 Å². The minimum absolute atomic E-state index is 0.0625. The molecule has 1 heterocycles. The van der Waals surface area contributed by atoms with Gasteiger partial charge in [-0.2, -0.15) is 8.78 Å². The highest BCUT2D eigenvalue weighted by Crippen LogP contribution is 2.30. The van der Waals surface area contributed by atoms with Crippen molar-refractivity contribution < 1.29 is 22.7 Å². The van der Waals surface area contributed by atoms with E-state index in [1.807, 2.05) is 0 Å². The third-order valence-electron chi connectivity index (χ3n) is 4.84. The summed E-state index contributed by atoms with van der Waals surface area (Å²) in [5.74, 6) is -0.939. The Morgan fingerprint density at radius 1 is 1.17 bits per heavy atom. The van der Waals surface area contributed by atoms with Crippen molar-refractivity contribution in [3.63, 3.8) is 0 Å². The number of benzene rings is 2. The summed E-state index contributed by atoms with van der Waals surface area (Å²) in [6.45, 7) is -3.01. The first-order valence-corrected chi connectivity index (χ1v) is 9.98. The van der Waals surface area contributed by atoms with E-state index in [0.717, 1.165) is 24.0 Å². The molecule has 152 valence electrons. The number of nitrogens with one attached hydrogen (secondary N) is 2. The number of para-hydroxylation sites is 1. The average molecular weight is 421 g/mol. The summed E-state index contributed by atoms with van der Waals surface area (Å²) in [4.78, 5) is 17.1. The van der Waals surface area contributed by atoms with Crippen LogP contribution >= 0.6 is 11.3 Å². The van der Waals surface area contributed by atoms with Crippen LogP contribution in [0.2, 0.25) is 0 Å². The Bertz CT molecular complexity index is 1030. The Morgan fingerprint density at radius 2 is 1.97 bits per heavy atom. The van der Waals surface area contributed by atoms with Crippen LogP contribution in [-0.4, -0.2) is 29.6 Å². The maximum Gasteiger partial charge on any atom is 0.387 e. The quantitative estimate of drug-likeness (QED) is 0.600. The lowest BCUT2D eigenvalue weighted by Gasteiger charge is -2.22. The fourth-order valence-corrected chi connectivity index (χ4v) is 4.48. The zero-order valence-electron chi connectivity index (χ0n) is 15.2. The van der Waals surface area contributed by atoms with E-state index in [9.17, 15) is 18.0 Å². The number of alkyl halides is 2. The van der Waals surface area contributed by atoms with Crippen molar-refractivity contribution in [3.8, 4) is 5.75 Å². The summed E-state index contributed by atoms with van der Waals surface area (Å²) in [5, 5.41) is 6.89. The van der Waals surface area contributed by atoms with Gasteiger partial charge in [-0.3, -0.25) is 4.79 Å². The molecule has 2 atom stereocenters. The molecule has 0 radical (unpaired) electrons. The molecule has 1 fully saturated rings. The summed E-state index contributed by atoms with van der Waals surface area (Å²) in [5.41, 5.74) is 0.768. The van der Waals surface area contributed by atoms with Gasteiger partial charge in [0.05, 0.1) is 15.8 Å². The van der Waals surface area contributed by atoms with E-state index in [-0.39, 0.29) is 29.2 Å². The van der Waals surface area contributed by atoms with E-state index in [0.29, 0.717) is 10.6 Å². The fourth-order valence-electron chi connectivity index (χ4n) is 3.52. The van der Waals surface area contributed by atoms with Crippen molar-refractivity contribution in [1.82, 2.24) is 10.3 Å². The van der Waals surface area contributed by atoms with Gasteiger partial charge in [-0.25, -0.2) is 9.37 Å². The smallest absolute Gasteiger partial charge is 0.387 e. The molecule has 0 unspecified atom stereocenters. The predicted molar refractivity (Wildman–Crippen MR) is 105 cm³/mol. The SMILES string of the molecule is O=C(N[C@H]1CCC[C@H]1Nc1nc2ccc(F)cc2s1)c1ccccc1OC(F)F. The lowest BCUT2D eigenvalue weighted by Crippen LogP contribution is -2.43. The van der Waals surface area contributed by atoms with E-state index < -0.39 is 12.5 Å². The molecular weight excluding hydrogens is 403 g/mol. The molecule has 0 spiro atoms. The summed E-state index contributed by atoms with van der Waals surface area (Å²) >= 11 is 1.35. The first-order chi connectivity index (χ1) is 14.0. The molecule has 29 heavy (non-hydrogen) atoms. The first-order valence-electron chi connectivity index (χ1n) is 9.17. The van der Waals surface area contributed by atoms with Crippen LogP contribution < -0.4 is 15.4 Å². The van der Waals surface area contributed by atoms with Gasteiger partial charge >= 0.3 is 6.61 Å². The number of hydrogen-bond donors (Lipinski definition) is 2. The van der Waals surface area contributed by atoms with Crippen LogP contribution in [0.25, 0.3) is 10.2 Å². The van der Waals surface area contributed by atoms with Crippen LogP contribution in [0.1, 0.15) is 29.6 Å². The molecule has 1 aromatic heterocycles. The number of thiazole rings is 1. The molecule has 1 amide bonds. The molecule has 3 aromatic rings. The standard InChI is InChI=1S/C20H18F3N3O2S/c21-11-8-9-15-17(10-11)29-20(26-15)25-14-6-3-5-13(14)24-18(27)12-4-1-2-7-16(12)28-19(22)23/h1-2,4,7-10,13-14,19H,3,5-6H2,(H,24,27)(H,25,26)/t13-,14+/m0/s1. The topological polar surface area (TPSA) is 63.2 Å². The number of rotatable bonds is 6. The van der Waals surface area contributed by atoms with Crippen molar-refractivity contribution in [3.05, 3.63) is 53.8 Å². The highest BCUT2D eigenvalue weighted by Gasteiger charge is 2.30. The molecule has 1 aliphatic rings. The van der Waals surface area contributed by atoms with Gasteiger partial charge < -0.3 is 15.4 Å². The van der Waals surface area contributed by atoms with Gasteiger partial charge in [-0.15, -0.1) is 0 Å². The lowest BCUT2D eigenvalue weighted by molar-refractivity contribution is -0.0501. The zero-order chi connectivity index (χ0) is 20.4. The Kier molecular flexibility index (Phi) is 5.57. The largest absolute Gasteiger partial charge is 0.434 e. The van der Waals surface area contributed by atoms with E-state index in [2.05, 4.69) is 20.4 Å². The van der Waals surface area contributed by atoms with Crippen molar-refractivity contribution in [2.45, 2.75) is 38.0 Å². The molecule has 5 nitrogen and oxygen atoms in total. The molecule has 0 bridgehead atoms. The maximum atomic E-state index is 13.4. The molecule has 9 heteroatoms. The molecule has 1 saturated carbocycles. The Labute approximate surface area is 168 Å². The normalized spacial score (nSPS) is 18.9. The number of anilines is 1. The summed E-state index contributed by atoms with van der Waals surface area (Å²) < 4.78 is 43.8. The Morgan fingerprint density at radius 3 is 2.79 bits per heavy atom. The second-order valence-electron chi connectivity index (χ2n) is 6.77. The molecule has 2 aromatic carbocycles. The van der Waals surface area contributed by atoms with Crippen molar-refractivity contribution in [1.29, 1.82) is 0 Å². The first kappa shape index (κ1) is 19.5. The molecule has 1 aliphatic carbocycles. The van der Waals surface area contributed by atoms with Crippen LogP contribution in [0.3, 0.4) is 0 Å². The predicted octanol–water partition coefficient (Wildman–Crippen LogP) is 4.80. The van der Waals surface area contributed by atoms with Gasteiger partial charge in [0.1, 0.15) is 11.6 Å². The minimum atomic E-state index is -3.01. The van der Waals surface area contributed by atoms with Crippen molar-refractivity contribution in [2.75, 3.05) is 5.32 Å². The third-order valence-corrected chi connectivity index (χ3v) is 5.79.